The number of hydrogen-bond acceptors (Lipinski definition) is 4. The van der Waals surface area contributed by atoms with Crippen LogP contribution >= 0.6 is 15.9 Å². The molecule has 104 valence electrons. The summed E-state index contributed by atoms with van der Waals surface area (Å²) in [7, 11) is 1.84. The summed E-state index contributed by atoms with van der Waals surface area (Å²) in [6, 6.07) is 4.19. The van der Waals surface area contributed by atoms with E-state index in [2.05, 4.69) is 26.6 Å². The van der Waals surface area contributed by atoms with Gasteiger partial charge in [-0.15, -0.1) is 0 Å². The topological polar surface area (TPSA) is 84.3 Å². The van der Waals surface area contributed by atoms with Gasteiger partial charge >= 0.3 is 0 Å². The largest absolute Gasteiger partial charge is 0.352 e. The van der Waals surface area contributed by atoms with Crippen molar-refractivity contribution < 1.29 is 9.72 Å². The summed E-state index contributed by atoms with van der Waals surface area (Å²) in [5, 5.41) is 16.5. The SMILES string of the molecule is CNCC(C)CNC(=O)c1cc(Br)cc([N+](=O)[O-])c1. The van der Waals surface area contributed by atoms with E-state index >= 15 is 0 Å². The van der Waals surface area contributed by atoms with Crippen LogP contribution in [0.5, 0.6) is 0 Å². The number of nitrogens with one attached hydrogen (secondary N) is 2. The van der Waals surface area contributed by atoms with Gasteiger partial charge in [0, 0.05) is 28.7 Å². The van der Waals surface area contributed by atoms with E-state index in [4.69, 9.17) is 0 Å². The zero-order valence-corrected chi connectivity index (χ0v) is 12.4. The number of nitro benzene ring substituents is 1. The molecule has 1 unspecified atom stereocenters. The number of nitrogens with zero attached hydrogens (tertiary/aromatic N) is 1. The summed E-state index contributed by atoms with van der Waals surface area (Å²) in [5.74, 6) is -0.0246. The Bertz CT molecular complexity index is 479. The van der Waals surface area contributed by atoms with E-state index in [0.29, 0.717) is 11.0 Å². The highest BCUT2D eigenvalue weighted by Crippen LogP contribution is 2.21. The summed E-state index contributed by atoms with van der Waals surface area (Å²) >= 11 is 3.16. The molecular weight excluding hydrogens is 314 g/mol. The lowest BCUT2D eigenvalue weighted by atomic mass is 10.1. The van der Waals surface area contributed by atoms with Crippen molar-refractivity contribution in [2.24, 2.45) is 5.92 Å². The number of non-ortho nitro benzene ring substituents is 1. The molecule has 0 radical (unpaired) electrons. The maximum Gasteiger partial charge on any atom is 0.271 e. The number of carbonyl (C=O) groups excluding carboxylic acids is 1. The van der Waals surface area contributed by atoms with Gasteiger partial charge in [0.05, 0.1) is 4.92 Å². The van der Waals surface area contributed by atoms with Gasteiger partial charge in [-0.3, -0.25) is 14.9 Å². The molecule has 2 N–H and O–H groups in total. The molecule has 0 heterocycles. The van der Waals surface area contributed by atoms with Gasteiger partial charge in [0.1, 0.15) is 0 Å². The third kappa shape index (κ3) is 4.96. The van der Waals surface area contributed by atoms with Gasteiger partial charge in [-0.1, -0.05) is 22.9 Å². The quantitative estimate of drug-likeness (QED) is 0.617. The second kappa shape index (κ2) is 7.20. The molecule has 1 aromatic carbocycles. The molecule has 7 heteroatoms. The van der Waals surface area contributed by atoms with Crippen LogP contribution in [0, 0.1) is 16.0 Å². The molecule has 19 heavy (non-hydrogen) atoms. The lowest BCUT2D eigenvalue weighted by Gasteiger charge is -2.12. The summed E-state index contributed by atoms with van der Waals surface area (Å²) in [6.45, 7) is 3.30. The molecule has 0 aromatic heterocycles. The normalized spacial score (nSPS) is 11.9. The number of hydrogen-bond donors (Lipinski definition) is 2. The highest BCUT2D eigenvalue weighted by molar-refractivity contribution is 9.10. The van der Waals surface area contributed by atoms with Crippen LogP contribution < -0.4 is 10.6 Å². The number of rotatable bonds is 6. The summed E-state index contributed by atoms with van der Waals surface area (Å²) in [6.07, 6.45) is 0. The predicted octanol–water partition coefficient (Wildman–Crippen LogP) is 1.94. The van der Waals surface area contributed by atoms with Crippen LogP contribution in [0.2, 0.25) is 0 Å². The number of halogens is 1. The van der Waals surface area contributed by atoms with E-state index in [-0.39, 0.29) is 23.1 Å². The second-order valence-electron chi connectivity index (χ2n) is 4.33. The van der Waals surface area contributed by atoms with Crippen LogP contribution in [0.15, 0.2) is 22.7 Å². The highest BCUT2D eigenvalue weighted by atomic mass is 79.9. The lowest BCUT2D eigenvalue weighted by Crippen LogP contribution is -2.32. The molecule has 0 aliphatic heterocycles. The van der Waals surface area contributed by atoms with Gasteiger partial charge in [0.2, 0.25) is 0 Å². The fourth-order valence-electron chi connectivity index (χ4n) is 1.60. The Balaban J connectivity index is 2.74. The lowest BCUT2D eigenvalue weighted by molar-refractivity contribution is -0.385. The first-order valence-corrected chi connectivity index (χ1v) is 6.61. The molecule has 0 bridgehead atoms. The molecule has 0 spiro atoms. The number of carbonyl (C=O) groups is 1. The first kappa shape index (κ1) is 15.6. The number of amides is 1. The van der Waals surface area contributed by atoms with Gasteiger partial charge in [-0.2, -0.15) is 0 Å². The molecule has 1 atom stereocenters. The van der Waals surface area contributed by atoms with E-state index in [0.717, 1.165) is 6.54 Å². The first-order chi connectivity index (χ1) is 8.93. The zero-order chi connectivity index (χ0) is 14.4. The van der Waals surface area contributed by atoms with Crippen molar-refractivity contribution in [3.63, 3.8) is 0 Å². The van der Waals surface area contributed by atoms with Crippen molar-refractivity contribution in [1.29, 1.82) is 0 Å². The van der Waals surface area contributed by atoms with Gasteiger partial charge in [-0.25, -0.2) is 0 Å². The Labute approximate surface area is 119 Å². The van der Waals surface area contributed by atoms with Crippen LogP contribution in [-0.2, 0) is 0 Å². The molecule has 0 aliphatic rings. The van der Waals surface area contributed by atoms with Gasteiger partial charge in [0.15, 0.2) is 0 Å². The van der Waals surface area contributed by atoms with Crippen LogP contribution in [0.3, 0.4) is 0 Å². The fraction of sp³-hybridized carbons (Fsp3) is 0.417. The second-order valence-corrected chi connectivity index (χ2v) is 5.24. The maximum absolute atomic E-state index is 11.9. The Kier molecular flexibility index (Phi) is 5.91. The molecule has 0 aliphatic carbocycles. The van der Waals surface area contributed by atoms with E-state index in [1.807, 2.05) is 14.0 Å². The van der Waals surface area contributed by atoms with Crippen LogP contribution in [-0.4, -0.2) is 31.0 Å². The summed E-state index contributed by atoms with van der Waals surface area (Å²) < 4.78 is 0.509. The van der Waals surface area contributed by atoms with E-state index in [9.17, 15) is 14.9 Å². The van der Waals surface area contributed by atoms with E-state index < -0.39 is 4.92 Å². The Hall–Kier alpha value is -1.47. The van der Waals surface area contributed by atoms with Gasteiger partial charge in [0.25, 0.3) is 11.6 Å². The summed E-state index contributed by atoms with van der Waals surface area (Å²) in [5.41, 5.74) is 0.167. The molecule has 1 rings (SSSR count). The number of benzene rings is 1. The van der Waals surface area contributed by atoms with Gasteiger partial charge in [-0.05, 0) is 25.6 Å². The molecular formula is C12H16BrN3O3. The number of nitro groups is 1. The monoisotopic (exact) mass is 329 g/mol. The summed E-state index contributed by atoms with van der Waals surface area (Å²) in [4.78, 5) is 22.1. The third-order valence-corrected chi connectivity index (χ3v) is 2.98. The third-order valence-electron chi connectivity index (χ3n) is 2.52. The van der Waals surface area contributed by atoms with Crippen molar-refractivity contribution >= 4 is 27.5 Å². The van der Waals surface area contributed by atoms with Crippen molar-refractivity contribution in [1.82, 2.24) is 10.6 Å². The van der Waals surface area contributed by atoms with Gasteiger partial charge < -0.3 is 10.6 Å². The Morgan fingerprint density at radius 2 is 2.11 bits per heavy atom. The van der Waals surface area contributed by atoms with E-state index in [1.54, 1.807) is 6.07 Å². The molecule has 0 saturated heterocycles. The highest BCUT2D eigenvalue weighted by Gasteiger charge is 2.14. The van der Waals surface area contributed by atoms with Crippen LogP contribution in [0.4, 0.5) is 5.69 Å². The van der Waals surface area contributed by atoms with Crippen molar-refractivity contribution in [3.8, 4) is 0 Å². The predicted molar refractivity (Wildman–Crippen MR) is 76.2 cm³/mol. The maximum atomic E-state index is 11.9. The van der Waals surface area contributed by atoms with Crippen molar-refractivity contribution in [3.05, 3.63) is 38.3 Å². The standard InChI is InChI=1S/C12H16BrN3O3/c1-8(6-14-2)7-15-12(17)9-3-10(13)5-11(4-9)16(18)19/h3-5,8,14H,6-7H2,1-2H3,(H,15,17). The minimum atomic E-state index is -0.523. The zero-order valence-electron chi connectivity index (χ0n) is 10.8. The Morgan fingerprint density at radius 3 is 2.68 bits per heavy atom. The first-order valence-electron chi connectivity index (χ1n) is 5.81. The van der Waals surface area contributed by atoms with Crippen molar-refractivity contribution in [2.45, 2.75) is 6.92 Å². The molecule has 6 nitrogen and oxygen atoms in total. The van der Waals surface area contributed by atoms with Crippen LogP contribution in [0.1, 0.15) is 17.3 Å². The molecule has 0 fully saturated rings. The minimum absolute atomic E-state index is 0.109. The smallest absolute Gasteiger partial charge is 0.271 e. The molecule has 0 saturated carbocycles. The Morgan fingerprint density at radius 1 is 1.42 bits per heavy atom. The van der Waals surface area contributed by atoms with E-state index in [1.165, 1.54) is 12.1 Å². The molecule has 1 aromatic rings. The van der Waals surface area contributed by atoms with Crippen molar-refractivity contribution in [2.75, 3.05) is 20.1 Å². The molecule has 1 amide bonds. The average Bonchev–Trinajstić information content (AvgIpc) is 2.35. The van der Waals surface area contributed by atoms with Crippen LogP contribution in [0.25, 0.3) is 0 Å². The fourth-order valence-corrected chi connectivity index (χ4v) is 2.08. The minimum Gasteiger partial charge on any atom is -0.352 e. The average molecular weight is 330 g/mol.